The molecule has 1 aromatic rings. The van der Waals surface area contributed by atoms with Crippen LogP contribution in [0.3, 0.4) is 0 Å². The van der Waals surface area contributed by atoms with E-state index in [1.807, 2.05) is 24.3 Å². The predicted molar refractivity (Wildman–Crippen MR) is 79.5 cm³/mol. The maximum absolute atomic E-state index is 9.54. The second kappa shape index (κ2) is 6.74. The number of ether oxygens (including phenoxy) is 1. The van der Waals surface area contributed by atoms with Gasteiger partial charge < -0.3 is 9.64 Å². The molecule has 1 heterocycles. The lowest BCUT2D eigenvalue weighted by molar-refractivity contribution is 0.172. The molecule has 1 aromatic carbocycles. The third-order valence-electron chi connectivity index (χ3n) is 4.18. The fraction of sp³-hybridized carbons (Fsp3) is 0.562. The summed E-state index contributed by atoms with van der Waals surface area (Å²) < 4.78 is 5.36. The molecule has 1 aliphatic heterocycles. The topological polar surface area (TPSA) is 48.3 Å². The first-order valence-corrected chi connectivity index (χ1v) is 7.23. The largest absolute Gasteiger partial charge is 0.496 e. The second-order valence-corrected chi connectivity index (χ2v) is 5.29. The molecular formula is C16H23N3O. The van der Waals surface area contributed by atoms with Crippen molar-refractivity contribution in [1.82, 2.24) is 10.2 Å². The summed E-state index contributed by atoms with van der Waals surface area (Å²) in [6, 6.07) is 10.4. The van der Waals surface area contributed by atoms with Crippen molar-refractivity contribution in [3.63, 3.8) is 0 Å². The molecule has 1 fully saturated rings. The van der Waals surface area contributed by atoms with Gasteiger partial charge in [-0.1, -0.05) is 25.1 Å². The fourth-order valence-corrected chi connectivity index (χ4v) is 2.69. The van der Waals surface area contributed by atoms with E-state index in [2.05, 4.69) is 23.2 Å². The molecule has 1 saturated heterocycles. The Bertz CT molecular complexity index is 473. The van der Waals surface area contributed by atoms with Crippen molar-refractivity contribution in [3.05, 3.63) is 29.8 Å². The third-order valence-corrected chi connectivity index (χ3v) is 4.18. The van der Waals surface area contributed by atoms with Gasteiger partial charge in [0.1, 0.15) is 11.3 Å². The summed E-state index contributed by atoms with van der Waals surface area (Å²) in [6.45, 7) is 5.88. The van der Waals surface area contributed by atoms with Gasteiger partial charge in [0.25, 0.3) is 0 Å². The summed E-state index contributed by atoms with van der Waals surface area (Å²) in [4.78, 5) is 2.39. The Balaban J connectivity index is 2.00. The standard InChI is InChI=1S/C16H23N3O/c1-3-19-10-8-16(13-17,9-11-19)18-12-14-6-4-5-7-15(14)20-2/h4-7,18H,3,8-12H2,1-2H3. The minimum atomic E-state index is -0.396. The first-order chi connectivity index (χ1) is 9.73. The van der Waals surface area contributed by atoms with Crippen molar-refractivity contribution in [1.29, 1.82) is 5.26 Å². The zero-order valence-corrected chi connectivity index (χ0v) is 12.4. The predicted octanol–water partition coefficient (Wildman–Crippen LogP) is 2.16. The van der Waals surface area contributed by atoms with Crippen molar-refractivity contribution in [2.24, 2.45) is 0 Å². The quantitative estimate of drug-likeness (QED) is 0.893. The van der Waals surface area contributed by atoms with Crippen LogP contribution in [0.4, 0.5) is 0 Å². The average Bonchev–Trinajstić information content (AvgIpc) is 2.53. The maximum Gasteiger partial charge on any atom is 0.123 e. The Morgan fingerprint density at radius 3 is 2.65 bits per heavy atom. The van der Waals surface area contributed by atoms with Gasteiger partial charge in [-0.2, -0.15) is 5.26 Å². The molecule has 4 heteroatoms. The molecule has 2 rings (SSSR count). The maximum atomic E-state index is 9.54. The van der Waals surface area contributed by atoms with Crippen molar-refractivity contribution in [3.8, 4) is 11.8 Å². The Morgan fingerprint density at radius 2 is 2.05 bits per heavy atom. The molecule has 0 aliphatic carbocycles. The summed E-state index contributed by atoms with van der Waals surface area (Å²) in [6.07, 6.45) is 1.76. The summed E-state index contributed by atoms with van der Waals surface area (Å²) in [5.41, 5.74) is 0.703. The molecule has 0 radical (unpaired) electrons. The van der Waals surface area contributed by atoms with Gasteiger partial charge in [0, 0.05) is 25.2 Å². The van der Waals surface area contributed by atoms with E-state index < -0.39 is 5.54 Å². The van der Waals surface area contributed by atoms with Crippen LogP contribution in [-0.4, -0.2) is 37.2 Å². The van der Waals surface area contributed by atoms with E-state index in [0.717, 1.165) is 43.8 Å². The molecule has 0 atom stereocenters. The van der Waals surface area contributed by atoms with Crippen molar-refractivity contribution in [2.45, 2.75) is 31.8 Å². The smallest absolute Gasteiger partial charge is 0.123 e. The first-order valence-electron chi connectivity index (χ1n) is 7.23. The highest BCUT2D eigenvalue weighted by atomic mass is 16.5. The van der Waals surface area contributed by atoms with E-state index in [1.165, 1.54) is 0 Å². The van der Waals surface area contributed by atoms with Gasteiger partial charge >= 0.3 is 0 Å². The van der Waals surface area contributed by atoms with E-state index in [9.17, 15) is 5.26 Å². The zero-order chi connectivity index (χ0) is 14.4. The van der Waals surface area contributed by atoms with Crippen LogP contribution < -0.4 is 10.1 Å². The highest BCUT2D eigenvalue weighted by molar-refractivity contribution is 5.33. The molecule has 0 spiro atoms. The molecule has 0 saturated carbocycles. The lowest BCUT2D eigenvalue weighted by Crippen LogP contribution is -2.52. The van der Waals surface area contributed by atoms with Gasteiger partial charge in [0.05, 0.1) is 13.2 Å². The molecular weight excluding hydrogens is 250 g/mol. The number of nitrogens with zero attached hydrogens (tertiary/aromatic N) is 2. The molecule has 0 unspecified atom stereocenters. The van der Waals surface area contributed by atoms with Gasteiger partial charge in [-0.25, -0.2) is 0 Å². The Morgan fingerprint density at radius 1 is 1.35 bits per heavy atom. The van der Waals surface area contributed by atoms with Gasteiger partial charge in [-0.3, -0.25) is 5.32 Å². The SMILES string of the molecule is CCN1CCC(C#N)(NCc2ccccc2OC)CC1. The number of hydrogen-bond acceptors (Lipinski definition) is 4. The molecule has 4 nitrogen and oxygen atoms in total. The van der Waals surface area contributed by atoms with Crippen LogP contribution >= 0.6 is 0 Å². The molecule has 0 bridgehead atoms. The summed E-state index contributed by atoms with van der Waals surface area (Å²) in [7, 11) is 1.68. The fourth-order valence-electron chi connectivity index (χ4n) is 2.69. The van der Waals surface area contributed by atoms with E-state index in [4.69, 9.17) is 4.74 Å². The molecule has 20 heavy (non-hydrogen) atoms. The van der Waals surface area contributed by atoms with Crippen molar-refractivity contribution < 1.29 is 4.74 Å². The molecule has 108 valence electrons. The molecule has 0 amide bonds. The van der Waals surface area contributed by atoms with E-state index >= 15 is 0 Å². The number of para-hydroxylation sites is 1. The lowest BCUT2D eigenvalue weighted by Gasteiger charge is -2.37. The van der Waals surface area contributed by atoms with Crippen LogP contribution in [0.5, 0.6) is 5.75 Å². The number of nitriles is 1. The van der Waals surface area contributed by atoms with Gasteiger partial charge in [0.15, 0.2) is 0 Å². The number of hydrogen-bond donors (Lipinski definition) is 1. The Kier molecular flexibility index (Phi) is 4.99. The summed E-state index contributed by atoms with van der Waals surface area (Å²) in [5, 5.41) is 13.0. The zero-order valence-electron chi connectivity index (χ0n) is 12.4. The lowest BCUT2D eigenvalue weighted by atomic mass is 9.88. The third kappa shape index (κ3) is 3.30. The minimum absolute atomic E-state index is 0.396. The number of methoxy groups -OCH3 is 1. The van der Waals surface area contributed by atoms with Crippen LogP contribution in [0.15, 0.2) is 24.3 Å². The number of piperidine rings is 1. The van der Waals surface area contributed by atoms with Crippen molar-refractivity contribution >= 4 is 0 Å². The number of rotatable bonds is 5. The Hall–Kier alpha value is -1.57. The summed E-state index contributed by atoms with van der Waals surface area (Å²) in [5.74, 6) is 0.874. The van der Waals surface area contributed by atoms with Crippen LogP contribution in [-0.2, 0) is 6.54 Å². The number of nitrogens with one attached hydrogen (secondary N) is 1. The van der Waals surface area contributed by atoms with Crippen LogP contribution in [0.2, 0.25) is 0 Å². The second-order valence-electron chi connectivity index (χ2n) is 5.29. The van der Waals surface area contributed by atoms with Crippen LogP contribution in [0.25, 0.3) is 0 Å². The van der Waals surface area contributed by atoms with Crippen LogP contribution in [0.1, 0.15) is 25.3 Å². The highest BCUT2D eigenvalue weighted by Gasteiger charge is 2.33. The minimum Gasteiger partial charge on any atom is -0.496 e. The van der Waals surface area contributed by atoms with Gasteiger partial charge in [0.2, 0.25) is 0 Å². The number of likely N-dealkylation sites (tertiary alicyclic amines) is 1. The van der Waals surface area contributed by atoms with Crippen LogP contribution in [0, 0.1) is 11.3 Å². The monoisotopic (exact) mass is 273 g/mol. The highest BCUT2D eigenvalue weighted by Crippen LogP contribution is 2.24. The van der Waals surface area contributed by atoms with E-state index in [1.54, 1.807) is 7.11 Å². The van der Waals surface area contributed by atoms with Gasteiger partial charge in [-0.15, -0.1) is 0 Å². The average molecular weight is 273 g/mol. The van der Waals surface area contributed by atoms with Crippen molar-refractivity contribution in [2.75, 3.05) is 26.7 Å². The molecule has 1 aliphatic rings. The first kappa shape index (κ1) is 14.8. The normalized spacial score (nSPS) is 18.4. The summed E-state index contributed by atoms with van der Waals surface area (Å²) >= 11 is 0. The molecule has 1 N–H and O–H groups in total. The van der Waals surface area contributed by atoms with E-state index in [0.29, 0.717) is 6.54 Å². The Labute approximate surface area is 121 Å². The molecule has 0 aromatic heterocycles. The van der Waals surface area contributed by atoms with Gasteiger partial charge in [-0.05, 0) is 25.5 Å². The van der Waals surface area contributed by atoms with E-state index in [-0.39, 0.29) is 0 Å². The number of benzene rings is 1.